The lowest BCUT2D eigenvalue weighted by atomic mass is 9.84. The number of rotatable bonds is 6. The molecule has 0 radical (unpaired) electrons. The molecule has 1 heteroatoms. The van der Waals surface area contributed by atoms with E-state index >= 15 is 0 Å². The molecule has 0 aliphatic heterocycles. The summed E-state index contributed by atoms with van der Waals surface area (Å²) in [7, 11) is 0. The summed E-state index contributed by atoms with van der Waals surface area (Å²) < 4.78 is 0. The van der Waals surface area contributed by atoms with Crippen molar-refractivity contribution in [2.24, 2.45) is 0 Å². The average molecular weight is 326 g/mol. The summed E-state index contributed by atoms with van der Waals surface area (Å²) in [4.78, 5) is 2.66. The summed E-state index contributed by atoms with van der Waals surface area (Å²) in [5.74, 6) is 0.818. The molecule has 1 aromatic rings. The Morgan fingerprint density at radius 2 is 1.50 bits per heavy atom. The van der Waals surface area contributed by atoms with E-state index in [1.54, 1.807) is 5.56 Å². The molecule has 24 heavy (non-hydrogen) atoms. The normalized spacial score (nSPS) is 20.9. The molecule has 0 bridgehead atoms. The summed E-state index contributed by atoms with van der Waals surface area (Å²) in [6.07, 6.45) is 18.8. The third-order valence-corrected chi connectivity index (χ3v) is 6.16. The van der Waals surface area contributed by atoms with E-state index in [4.69, 9.17) is 0 Å². The zero-order chi connectivity index (χ0) is 16.6. The molecule has 132 valence electrons. The van der Waals surface area contributed by atoms with Gasteiger partial charge in [0.1, 0.15) is 0 Å². The van der Waals surface area contributed by atoms with Crippen molar-refractivity contribution in [2.75, 3.05) is 13.1 Å². The molecule has 0 spiro atoms. The largest absolute Gasteiger partial charge is 0.297 e. The SMILES string of the molecule is CCN(C/C=C/c1ccc(C2CCCCC2)cc1)C1CCCCC1. The van der Waals surface area contributed by atoms with Gasteiger partial charge in [-0.3, -0.25) is 4.90 Å². The second-order valence-electron chi connectivity index (χ2n) is 7.78. The van der Waals surface area contributed by atoms with Crippen molar-refractivity contribution in [3.63, 3.8) is 0 Å². The van der Waals surface area contributed by atoms with E-state index in [1.807, 2.05) is 0 Å². The van der Waals surface area contributed by atoms with Crippen molar-refractivity contribution in [1.29, 1.82) is 0 Å². The Bertz CT molecular complexity index is 489. The monoisotopic (exact) mass is 325 g/mol. The first-order chi connectivity index (χ1) is 11.9. The average Bonchev–Trinajstić information content (AvgIpc) is 2.67. The van der Waals surface area contributed by atoms with Crippen LogP contribution in [-0.2, 0) is 0 Å². The molecule has 2 aliphatic rings. The van der Waals surface area contributed by atoms with Gasteiger partial charge < -0.3 is 0 Å². The van der Waals surface area contributed by atoms with Crippen molar-refractivity contribution in [3.8, 4) is 0 Å². The van der Waals surface area contributed by atoms with Crippen LogP contribution in [0.5, 0.6) is 0 Å². The van der Waals surface area contributed by atoms with Crippen molar-refractivity contribution >= 4 is 6.08 Å². The van der Waals surface area contributed by atoms with E-state index in [0.29, 0.717) is 0 Å². The Morgan fingerprint density at radius 1 is 0.875 bits per heavy atom. The molecule has 2 fully saturated rings. The molecule has 0 atom stereocenters. The van der Waals surface area contributed by atoms with E-state index in [-0.39, 0.29) is 0 Å². The van der Waals surface area contributed by atoms with Gasteiger partial charge in [-0.15, -0.1) is 0 Å². The zero-order valence-corrected chi connectivity index (χ0v) is 15.6. The third-order valence-electron chi connectivity index (χ3n) is 6.16. The van der Waals surface area contributed by atoms with Crippen LogP contribution in [-0.4, -0.2) is 24.0 Å². The number of benzene rings is 1. The molecule has 2 aliphatic carbocycles. The van der Waals surface area contributed by atoms with Crippen LogP contribution in [0.2, 0.25) is 0 Å². The maximum Gasteiger partial charge on any atom is 0.0169 e. The fourth-order valence-electron chi connectivity index (χ4n) is 4.62. The van der Waals surface area contributed by atoms with Crippen molar-refractivity contribution in [3.05, 3.63) is 41.5 Å². The molecule has 3 rings (SSSR count). The molecule has 2 saturated carbocycles. The number of likely N-dealkylation sites (N-methyl/N-ethyl adjacent to an activating group) is 1. The first-order valence-corrected chi connectivity index (χ1v) is 10.4. The highest BCUT2D eigenvalue weighted by Crippen LogP contribution is 2.32. The molecule has 0 aromatic heterocycles. The van der Waals surface area contributed by atoms with Crippen LogP contribution in [0.1, 0.15) is 88.2 Å². The Kier molecular flexibility index (Phi) is 6.96. The lowest BCUT2D eigenvalue weighted by Crippen LogP contribution is -2.36. The predicted octanol–water partition coefficient (Wildman–Crippen LogP) is 6.40. The number of hydrogen-bond acceptors (Lipinski definition) is 1. The summed E-state index contributed by atoms with van der Waals surface area (Å²) >= 11 is 0. The van der Waals surface area contributed by atoms with Crippen LogP contribution < -0.4 is 0 Å². The van der Waals surface area contributed by atoms with Crippen LogP contribution in [0.25, 0.3) is 6.08 Å². The van der Waals surface area contributed by atoms with E-state index in [9.17, 15) is 0 Å². The summed E-state index contributed by atoms with van der Waals surface area (Å²) in [5, 5.41) is 0. The van der Waals surface area contributed by atoms with Gasteiger partial charge in [0.15, 0.2) is 0 Å². The highest BCUT2D eigenvalue weighted by atomic mass is 15.1. The van der Waals surface area contributed by atoms with Gasteiger partial charge in [0.2, 0.25) is 0 Å². The van der Waals surface area contributed by atoms with Gasteiger partial charge in [-0.1, -0.05) is 81.9 Å². The van der Waals surface area contributed by atoms with Crippen molar-refractivity contribution in [2.45, 2.75) is 83.1 Å². The molecule has 0 N–H and O–H groups in total. The zero-order valence-electron chi connectivity index (χ0n) is 15.6. The first kappa shape index (κ1) is 17.7. The lowest BCUT2D eigenvalue weighted by Gasteiger charge is -2.32. The Balaban J connectivity index is 1.51. The molecule has 1 aromatic carbocycles. The summed E-state index contributed by atoms with van der Waals surface area (Å²) in [6.45, 7) is 4.59. The Hall–Kier alpha value is -1.08. The van der Waals surface area contributed by atoms with Crippen molar-refractivity contribution in [1.82, 2.24) is 4.90 Å². The fraction of sp³-hybridized carbons (Fsp3) is 0.652. The molecule has 0 heterocycles. The highest BCUT2D eigenvalue weighted by Gasteiger charge is 2.18. The predicted molar refractivity (Wildman–Crippen MR) is 105 cm³/mol. The van der Waals surface area contributed by atoms with Crippen LogP contribution >= 0.6 is 0 Å². The maximum atomic E-state index is 2.66. The molecular weight excluding hydrogens is 290 g/mol. The van der Waals surface area contributed by atoms with Gasteiger partial charge in [-0.25, -0.2) is 0 Å². The minimum absolute atomic E-state index is 0.818. The fourth-order valence-corrected chi connectivity index (χ4v) is 4.62. The lowest BCUT2D eigenvalue weighted by molar-refractivity contribution is 0.181. The number of hydrogen-bond donors (Lipinski definition) is 0. The Morgan fingerprint density at radius 3 is 2.12 bits per heavy atom. The second kappa shape index (κ2) is 9.42. The van der Waals surface area contributed by atoms with Gasteiger partial charge in [0.05, 0.1) is 0 Å². The summed E-state index contributed by atoms with van der Waals surface area (Å²) in [5.41, 5.74) is 2.92. The van der Waals surface area contributed by atoms with E-state index in [0.717, 1.165) is 18.5 Å². The van der Waals surface area contributed by atoms with Gasteiger partial charge >= 0.3 is 0 Å². The summed E-state index contributed by atoms with van der Waals surface area (Å²) in [6, 6.07) is 10.2. The minimum atomic E-state index is 0.818. The van der Waals surface area contributed by atoms with E-state index in [1.165, 1.54) is 76.3 Å². The van der Waals surface area contributed by atoms with Crippen LogP contribution in [0.3, 0.4) is 0 Å². The van der Waals surface area contributed by atoms with Gasteiger partial charge in [0, 0.05) is 12.6 Å². The molecule has 0 unspecified atom stereocenters. The molecular formula is C23H35N. The van der Waals surface area contributed by atoms with E-state index in [2.05, 4.69) is 48.2 Å². The first-order valence-electron chi connectivity index (χ1n) is 10.4. The van der Waals surface area contributed by atoms with Gasteiger partial charge in [-0.2, -0.15) is 0 Å². The van der Waals surface area contributed by atoms with Crippen molar-refractivity contribution < 1.29 is 0 Å². The minimum Gasteiger partial charge on any atom is -0.297 e. The molecule has 1 nitrogen and oxygen atoms in total. The standard InChI is InChI=1S/C23H35N/c1-2-24(23-13-7-4-8-14-23)19-9-10-20-15-17-22(18-16-20)21-11-5-3-6-12-21/h9-10,15-18,21,23H,2-8,11-14,19H2,1H3/b10-9+. The van der Waals surface area contributed by atoms with Gasteiger partial charge in [0.25, 0.3) is 0 Å². The second-order valence-corrected chi connectivity index (χ2v) is 7.78. The quantitative estimate of drug-likeness (QED) is 0.584. The number of nitrogens with zero attached hydrogens (tertiary/aromatic N) is 1. The highest BCUT2D eigenvalue weighted by molar-refractivity contribution is 5.50. The maximum absolute atomic E-state index is 2.66. The third kappa shape index (κ3) is 4.96. The smallest absolute Gasteiger partial charge is 0.0169 e. The van der Waals surface area contributed by atoms with Gasteiger partial charge in [-0.05, 0) is 49.3 Å². The molecule has 0 saturated heterocycles. The Labute approximate surface area is 149 Å². The topological polar surface area (TPSA) is 3.24 Å². The molecule has 0 amide bonds. The van der Waals surface area contributed by atoms with Crippen LogP contribution in [0.15, 0.2) is 30.3 Å². The van der Waals surface area contributed by atoms with E-state index < -0.39 is 0 Å². The van der Waals surface area contributed by atoms with Crippen LogP contribution in [0.4, 0.5) is 0 Å². The van der Waals surface area contributed by atoms with Crippen LogP contribution in [0, 0.1) is 0 Å².